The molecule has 0 saturated heterocycles. The van der Waals surface area contributed by atoms with E-state index in [1.54, 1.807) is 18.1 Å². The smallest absolute Gasteiger partial charge is 0.271 e. The zero-order chi connectivity index (χ0) is 18.0. The Bertz CT molecular complexity index is 749. The first-order valence-corrected chi connectivity index (χ1v) is 8.58. The fourth-order valence-corrected chi connectivity index (χ4v) is 3.48. The van der Waals surface area contributed by atoms with Crippen molar-refractivity contribution in [3.05, 3.63) is 36.0 Å². The zero-order valence-corrected chi connectivity index (χ0v) is 15.4. The van der Waals surface area contributed by atoms with Gasteiger partial charge in [0.2, 0.25) is 0 Å². The monoisotopic (exact) mass is 342 g/mol. The van der Waals surface area contributed by atoms with Gasteiger partial charge in [0.25, 0.3) is 5.91 Å². The quantitative estimate of drug-likeness (QED) is 0.877. The first kappa shape index (κ1) is 17.5. The average molecular weight is 342 g/mol. The van der Waals surface area contributed by atoms with E-state index in [1.165, 1.54) is 6.42 Å². The van der Waals surface area contributed by atoms with E-state index in [2.05, 4.69) is 29.2 Å². The van der Waals surface area contributed by atoms with Crippen LogP contribution >= 0.6 is 0 Å². The molecule has 25 heavy (non-hydrogen) atoms. The van der Waals surface area contributed by atoms with E-state index in [9.17, 15) is 4.79 Å². The van der Waals surface area contributed by atoms with Gasteiger partial charge in [-0.15, -0.1) is 0 Å². The van der Waals surface area contributed by atoms with Crippen LogP contribution in [-0.4, -0.2) is 66.2 Å². The Morgan fingerprint density at radius 3 is 2.60 bits per heavy atom. The molecule has 3 rings (SSSR count). The van der Waals surface area contributed by atoms with E-state index in [0.29, 0.717) is 11.4 Å². The first-order chi connectivity index (χ1) is 12.0. The summed E-state index contributed by atoms with van der Waals surface area (Å²) in [6.45, 7) is 0.724. The third kappa shape index (κ3) is 3.26. The Balaban J connectivity index is 1.76. The molecule has 6 nitrogen and oxygen atoms in total. The number of H-pyrrole nitrogens is 1. The number of nitrogens with one attached hydrogen (secondary N) is 1. The van der Waals surface area contributed by atoms with Gasteiger partial charge in [-0.3, -0.25) is 9.89 Å². The van der Waals surface area contributed by atoms with Gasteiger partial charge in [-0.05, 0) is 51.6 Å². The predicted octanol–water partition coefficient (Wildman–Crippen LogP) is 2.64. The molecule has 1 aromatic heterocycles. The fraction of sp³-hybridized carbons (Fsp3) is 0.474. The van der Waals surface area contributed by atoms with E-state index < -0.39 is 0 Å². The van der Waals surface area contributed by atoms with Crippen molar-refractivity contribution in [1.82, 2.24) is 20.0 Å². The maximum atomic E-state index is 12.8. The minimum Gasteiger partial charge on any atom is -0.496 e. The SMILES string of the molecule is COc1ccccc1-c1cc(C(=O)N(C)CC2(N(C)C)CCC2)[nH]n1. The van der Waals surface area contributed by atoms with Crippen LogP contribution in [-0.2, 0) is 0 Å². The van der Waals surface area contributed by atoms with Crippen molar-refractivity contribution >= 4 is 5.91 Å². The zero-order valence-electron chi connectivity index (χ0n) is 15.4. The summed E-state index contributed by atoms with van der Waals surface area (Å²) in [5, 5.41) is 7.18. The second kappa shape index (κ2) is 6.88. The fourth-order valence-electron chi connectivity index (χ4n) is 3.48. The van der Waals surface area contributed by atoms with Crippen LogP contribution in [0.25, 0.3) is 11.3 Å². The van der Waals surface area contributed by atoms with Crippen LogP contribution in [0, 0.1) is 0 Å². The molecule has 1 N–H and O–H groups in total. The summed E-state index contributed by atoms with van der Waals surface area (Å²) >= 11 is 0. The number of methoxy groups -OCH3 is 1. The lowest BCUT2D eigenvalue weighted by Crippen LogP contribution is -2.57. The molecule has 0 radical (unpaired) electrons. The molecule has 1 fully saturated rings. The van der Waals surface area contributed by atoms with Gasteiger partial charge < -0.3 is 14.5 Å². The van der Waals surface area contributed by atoms with Crippen LogP contribution in [0.4, 0.5) is 0 Å². The summed E-state index contributed by atoms with van der Waals surface area (Å²) in [4.78, 5) is 16.8. The summed E-state index contributed by atoms with van der Waals surface area (Å²) in [6, 6.07) is 9.45. The average Bonchev–Trinajstić information content (AvgIpc) is 3.06. The van der Waals surface area contributed by atoms with E-state index in [0.717, 1.165) is 30.7 Å². The first-order valence-electron chi connectivity index (χ1n) is 8.58. The topological polar surface area (TPSA) is 61.5 Å². The second-order valence-electron chi connectivity index (χ2n) is 7.00. The molecule has 1 heterocycles. The highest BCUT2D eigenvalue weighted by Crippen LogP contribution is 2.37. The number of amides is 1. The van der Waals surface area contributed by atoms with Crippen molar-refractivity contribution in [2.45, 2.75) is 24.8 Å². The highest BCUT2D eigenvalue weighted by molar-refractivity contribution is 5.93. The maximum absolute atomic E-state index is 12.8. The second-order valence-corrected chi connectivity index (χ2v) is 7.00. The Morgan fingerprint density at radius 2 is 2.00 bits per heavy atom. The van der Waals surface area contributed by atoms with E-state index in [-0.39, 0.29) is 11.4 Å². The van der Waals surface area contributed by atoms with E-state index in [4.69, 9.17) is 4.74 Å². The van der Waals surface area contributed by atoms with Crippen LogP contribution in [0.2, 0.25) is 0 Å². The number of aromatic amines is 1. The third-order valence-corrected chi connectivity index (χ3v) is 5.30. The Labute approximate surface area is 148 Å². The number of nitrogens with zero attached hydrogens (tertiary/aromatic N) is 3. The van der Waals surface area contributed by atoms with Gasteiger partial charge in [0, 0.05) is 24.7 Å². The summed E-state index contributed by atoms with van der Waals surface area (Å²) in [6.07, 6.45) is 3.49. The highest BCUT2D eigenvalue weighted by Gasteiger charge is 2.40. The maximum Gasteiger partial charge on any atom is 0.271 e. The summed E-state index contributed by atoms with van der Waals surface area (Å²) < 4.78 is 5.38. The van der Waals surface area contributed by atoms with Crippen molar-refractivity contribution in [2.24, 2.45) is 0 Å². The molecule has 2 aromatic rings. The summed E-state index contributed by atoms with van der Waals surface area (Å²) in [7, 11) is 7.67. The molecular formula is C19H26N4O2. The Morgan fingerprint density at radius 1 is 1.28 bits per heavy atom. The molecule has 1 aromatic carbocycles. The molecule has 134 valence electrons. The van der Waals surface area contributed by atoms with Gasteiger partial charge >= 0.3 is 0 Å². The van der Waals surface area contributed by atoms with Crippen molar-refractivity contribution in [2.75, 3.05) is 34.8 Å². The standard InChI is InChI=1S/C19H26N4O2/c1-22(2)19(10-7-11-19)13-23(3)18(24)16-12-15(20-21-16)14-8-5-6-9-17(14)25-4/h5-6,8-9,12H,7,10-11,13H2,1-4H3,(H,20,21). The number of likely N-dealkylation sites (N-methyl/N-ethyl adjacent to an activating group) is 2. The van der Waals surface area contributed by atoms with Gasteiger partial charge in [-0.1, -0.05) is 12.1 Å². The molecule has 0 atom stereocenters. The van der Waals surface area contributed by atoms with Crippen LogP contribution in [0.5, 0.6) is 5.75 Å². The molecule has 1 aliphatic rings. The molecule has 0 aliphatic heterocycles. The van der Waals surface area contributed by atoms with Gasteiger partial charge in [-0.25, -0.2) is 0 Å². The molecule has 1 saturated carbocycles. The number of aromatic nitrogens is 2. The Hall–Kier alpha value is -2.34. The number of benzene rings is 1. The lowest BCUT2D eigenvalue weighted by Gasteiger charge is -2.49. The summed E-state index contributed by atoms with van der Waals surface area (Å²) in [5.74, 6) is 0.698. The van der Waals surface area contributed by atoms with Crippen LogP contribution in [0.1, 0.15) is 29.8 Å². The van der Waals surface area contributed by atoms with Gasteiger partial charge in [0.1, 0.15) is 11.4 Å². The van der Waals surface area contributed by atoms with Gasteiger partial charge in [-0.2, -0.15) is 5.10 Å². The number of rotatable bonds is 6. The van der Waals surface area contributed by atoms with E-state index >= 15 is 0 Å². The molecule has 0 bridgehead atoms. The largest absolute Gasteiger partial charge is 0.496 e. The van der Waals surface area contributed by atoms with Crippen molar-refractivity contribution in [1.29, 1.82) is 0 Å². The Kier molecular flexibility index (Phi) is 4.81. The molecule has 1 amide bonds. The van der Waals surface area contributed by atoms with Crippen LogP contribution < -0.4 is 4.74 Å². The number of ether oxygens (including phenoxy) is 1. The lowest BCUT2D eigenvalue weighted by atomic mass is 9.75. The number of para-hydroxylation sites is 1. The van der Waals surface area contributed by atoms with Crippen molar-refractivity contribution in [3.8, 4) is 17.0 Å². The van der Waals surface area contributed by atoms with E-state index in [1.807, 2.05) is 31.3 Å². The minimum absolute atomic E-state index is 0.0400. The number of carbonyl (C=O) groups is 1. The number of hydrogen-bond acceptors (Lipinski definition) is 4. The molecule has 0 spiro atoms. The van der Waals surface area contributed by atoms with Gasteiger partial charge in [0.05, 0.1) is 12.8 Å². The van der Waals surface area contributed by atoms with Crippen LogP contribution in [0.3, 0.4) is 0 Å². The third-order valence-electron chi connectivity index (χ3n) is 5.30. The van der Waals surface area contributed by atoms with Gasteiger partial charge in [0.15, 0.2) is 0 Å². The number of hydrogen-bond donors (Lipinski definition) is 1. The highest BCUT2D eigenvalue weighted by atomic mass is 16.5. The van der Waals surface area contributed by atoms with Crippen molar-refractivity contribution in [3.63, 3.8) is 0 Å². The normalized spacial score (nSPS) is 15.7. The molecule has 0 unspecified atom stereocenters. The number of carbonyl (C=O) groups excluding carboxylic acids is 1. The predicted molar refractivity (Wildman–Crippen MR) is 97.8 cm³/mol. The van der Waals surface area contributed by atoms with Crippen molar-refractivity contribution < 1.29 is 9.53 Å². The minimum atomic E-state index is -0.0400. The van der Waals surface area contributed by atoms with Crippen LogP contribution in [0.15, 0.2) is 30.3 Å². The summed E-state index contributed by atoms with van der Waals surface area (Å²) in [5.41, 5.74) is 2.18. The molecular weight excluding hydrogens is 316 g/mol. The molecule has 6 heteroatoms. The molecule has 1 aliphatic carbocycles. The lowest BCUT2D eigenvalue weighted by molar-refractivity contribution is 0.0250.